The van der Waals surface area contributed by atoms with Gasteiger partial charge in [0.25, 0.3) is 0 Å². The number of carboxylic acid groups (broad SMARTS) is 1. The van der Waals surface area contributed by atoms with Crippen molar-refractivity contribution in [2.45, 2.75) is 20.3 Å². The van der Waals surface area contributed by atoms with E-state index in [1.54, 1.807) is 27.0 Å². The topological polar surface area (TPSA) is 75.5 Å². The van der Waals surface area contributed by atoms with Crippen molar-refractivity contribution in [3.8, 4) is 5.88 Å². The summed E-state index contributed by atoms with van der Waals surface area (Å²) in [5.41, 5.74) is -0.702. The molecule has 1 aliphatic rings. The van der Waals surface area contributed by atoms with Crippen LogP contribution in [-0.2, 0) is 4.79 Å². The van der Waals surface area contributed by atoms with Gasteiger partial charge in [0.05, 0.1) is 12.5 Å². The van der Waals surface area contributed by atoms with Crippen LogP contribution in [0.1, 0.15) is 19.2 Å². The maximum atomic E-state index is 11.2. The molecule has 1 unspecified atom stereocenters. The maximum absolute atomic E-state index is 11.2. The van der Waals surface area contributed by atoms with Crippen LogP contribution in [-0.4, -0.2) is 41.2 Å². The number of carboxylic acids is 1. The fraction of sp³-hybridized carbons (Fsp3) is 0.583. The Morgan fingerprint density at radius 1 is 1.56 bits per heavy atom. The summed E-state index contributed by atoms with van der Waals surface area (Å²) in [5.74, 6) is 1.08. The zero-order valence-corrected chi connectivity index (χ0v) is 10.8. The molecule has 0 spiro atoms. The number of aliphatic carboxylic acids is 1. The van der Waals surface area contributed by atoms with Crippen LogP contribution in [0.5, 0.6) is 5.88 Å². The molecule has 1 saturated heterocycles. The van der Waals surface area contributed by atoms with Gasteiger partial charge in [0.1, 0.15) is 11.6 Å². The van der Waals surface area contributed by atoms with Crippen LogP contribution in [0, 0.1) is 12.3 Å². The number of anilines is 1. The van der Waals surface area contributed by atoms with Crippen LogP contribution in [0.15, 0.2) is 6.07 Å². The number of aromatic nitrogens is 2. The third kappa shape index (κ3) is 2.23. The summed E-state index contributed by atoms with van der Waals surface area (Å²) >= 11 is 0. The van der Waals surface area contributed by atoms with Gasteiger partial charge in [0, 0.05) is 19.2 Å². The van der Waals surface area contributed by atoms with Gasteiger partial charge in [-0.1, -0.05) is 0 Å². The van der Waals surface area contributed by atoms with E-state index >= 15 is 0 Å². The number of hydrogen-bond acceptors (Lipinski definition) is 5. The van der Waals surface area contributed by atoms with Gasteiger partial charge in [-0.3, -0.25) is 4.79 Å². The Balaban J connectivity index is 2.24. The highest BCUT2D eigenvalue weighted by atomic mass is 16.5. The molecule has 0 aromatic carbocycles. The summed E-state index contributed by atoms with van der Waals surface area (Å²) in [6.45, 7) is 4.70. The molecule has 0 aliphatic carbocycles. The predicted molar refractivity (Wildman–Crippen MR) is 65.9 cm³/mol. The second-order valence-electron chi connectivity index (χ2n) is 4.85. The van der Waals surface area contributed by atoms with E-state index in [-0.39, 0.29) is 0 Å². The molecule has 6 nitrogen and oxygen atoms in total. The molecule has 1 aliphatic heterocycles. The molecule has 1 atom stereocenters. The molecule has 0 bridgehead atoms. The first-order chi connectivity index (χ1) is 8.44. The quantitative estimate of drug-likeness (QED) is 0.866. The van der Waals surface area contributed by atoms with Gasteiger partial charge in [-0.2, -0.15) is 4.98 Å². The smallest absolute Gasteiger partial charge is 0.311 e. The van der Waals surface area contributed by atoms with Gasteiger partial charge in [0.2, 0.25) is 5.88 Å². The van der Waals surface area contributed by atoms with Crippen molar-refractivity contribution >= 4 is 11.8 Å². The number of carbonyl (C=O) groups is 1. The third-order valence-corrected chi connectivity index (χ3v) is 3.32. The van der Waals surface area contributed by atoms with Crippen molar-refractivity contribution in [1.82, 2.24) is 9.97 Å². The number of hydrogen-bond donors (Lipinski definition) is 1. The van der Waals surface area contributed by atoms with Gasteiger partial charge >= 0.3 is 5.97 Å². The van der Waals surface area contributed by atoms with Crippen LogP contribution in [0.4, 0.5) is 5.82 Å². The van der Waals surface area contributed by atoms with E-state index in [2.05, 4.69) is 9.97 Å². The normalized spacial score (nSPS) is 23.2. The van der Waals surface area contributed by atoms with E-state index in [0.29, 0.717) is 31.2 Å². The number of methoxy groups -OCH3 is 1. The van der Waals surface area contributed by atoms with Gasteiger partial charge in [-0.15, -0.1) is 0 Å². The van der Waals surface area contributed by atoms with E-state index in [4.69, 9.17) is 4.74 Å². The third-order valence-electron chi connectivity index (χ3n) is 3.32. The van der Waals surface area contributed by atoms with E-state index in [0.717, 1.165) is 5.82 Å². The molecule has 2 rings (SSSR count). The number of aryl methyl sites for hydroxylation is 1. The van der Waals surface area contributed by atoms with Gasteiger partial charge in [-0.25, -0.2) is 4.98 Å². The maximum Gasteiger partial charge on any atom is 0.311 e. The Hall–Kier alpha value is -1.85. The largest absolute Gasteiger partial charge is 0.481 e. The van der Waals surface area contributed by atoms with E-state index in [9.17, 15) is 9.90 Å². The van der Waals surface area contributed by atoms with Crippen LogP contribution < -0.4 is 9.64 Å². The molecule has 1 fully saturated rings. The number of rotatable bonds is 3. The number of nitrogens with zero attached hydrogens (tertiary/aromatic N) is 3. The zero-order valence-electron chi connectivity index (χ0n) is 10.8. The van der Waals surface area contributed by atoms with E-state index in [1.807, 2.05) is 4.90 Å². The summed E-state index contributed by atoms with van der Waals surface area (Å²) in [4.78, 5) is 21.6. The highest BCUT2D eigenvalue weighted by Gasteiger charge is 2.41. The lowest BCUT2D eigenvalue weighted by Gasteiger charge is -2.21. The minimum absolute atomic E-state index is 0.460. The first-order valence-electron chi connectivity index (χ1n) is 5.83. The lowest BCUT2D eigenvalue weighted by molar-refractivity contribution is -0.146. The molecule has 2 heterocycles. The average molecular weight is 251 g/mol. The summed E-state index contributed by atoms with van der Waals surface area (Å²) in [6, 6.07) is 1.74. The second kappa shape index (κ2) is 4.44. The Bertz CT molecular complexity index is 478. The lowest BCUT2D eigenvalue weighted by Crippen LogP contribution is -2.32. The molecule has 98 valence electrons. The summed E-state index contributed by atoms with van der Waals surface area (Å²) in [6.07, 6.45) is 0.619. The van der Waals surface area contributed by atoms with Gasteiger partial charge in [-0.05, 0) is 20.3 Å². The van der Waals surface area contributed by atoms with Crippen LogP contribution >= 0.6 is 0 Å². The highest BCUT2D eigenvalue weighted by molar-refractivity contribution is 5.76. The first-order valence-corrected chi connectivity index (χ1v) is 5.83. The fourth-order valence-corrected chi connectivity index (χ4v) is 2.12. The van der Waals surface area contributed by atoms with Crippen LogP contribution in [0.2, 0.25) is 0 Å². The minimum Gasteiger partial charge on any atom is -0.481 e. The van der Waals surface area contributed by atoms with Crippen molar-refractivity contribution in [1.29, 1.82) is 0 Å². The molecule has 0 amide bonds. The van der Waals surface area contributed by atoms with Crippen LogP contribution in [0.3, 0.4) is 0 Å². The fourth-order valence-electron chi connectivity index (χ4n) is 2.12. The van der Waals surface area contributed by atoms with Crippen molar-refractivity contribution in [3.63, 3.8) is 0 Å². The summed E-state index contributed by atoms with van der Waals surface area (Å²) < 4.78 is 5.10. The Kier molecular flexibility index (Phi) is 3.11. The Morgan fingerprint density at radius 3 is 2.83 bits per heavy atom. The molecule has 1 aromatic rings. The van der Waals surface area contributed by atoms with Gasteiger partial charge in [0.15, 0.2) is 0 Å². The molecule has 1 aromatic heterocycles. The van der Waals surface area contributed by atoms with Crippen molar-refractivity contribution in [2.75, 3.05) is 25.1 Å². The van der Waals surface area contributed by atoms with Crippen molar-refractivity contribution in [3.05, 3.63) is 11.9 Å². The Labute approximate surface area is 106 Å². The molecular weight excluding hydrogens is 234 g/mol. The van der Waals surface area contributed by atoms with Crippen molar-refractivity contribution < 1.29 is 14.6 Å². The molecule has 0 radical (unpaired) electrons. The standard InChI is InChI=1S/C12H17N3O3/c1-8-13-9(6-10(14-8)18-3)15-5-4-12(2,7-15)11(16)17/h6H,4-5,7H2,1-3H3,(H,16,17). The van der Waals surface area contributed by atoms with Crippen LogP contribution in [0.25, 0.3) is 0 Å². The predicted octanol–water partition coefficient (Wildman–Crippen LogP) is 1.09. The molecule has 0 saturated carbocycles. The zero-order chi connectivity index (χ0) is 13.3. The van der Waals surface area contributed by atoms with E-state index in [1.165, 1.54) is 0 Å². The first kappa shape index (κ1) is 12.6. The minimum atomic E-state index is -0.761. The summed E-state index contributed by atoms with van der Waals surface area (Å²) in [7, 11) is 1.55. The highest BCUT2D eigenvalue weighted by Crippen LogP contribution is 2.33. The monoisotopic (exact) mass is 251 g/mol. The van der Waals surface area contributed by atoms with Crippen molar-refractivity contribution in [2.24, 2.45) is 5.41 Å². The molecular formula is C12H17N3O3. The Morgan fingerprint density at radius 2 is 2.28 bits per heavy atom. The lowest BCUT2D eigenvalue weighted by atomic mass is 9.90. The molecule has 6 heteroatoms. The second-order valence-corrected chi connectivity index (χ2v) is 4.85. The average Bonchev–Trinajstić information content (AvgIpc) is 2.72. The SMILES string of the molecule is COc1cc(N2CCC(C)(C(=O)O)C2)nc(C)n1. The van der Waals surface area contributed by atoms with E-state index < -0.39 is 11.4 Å². The molecule has 18 heavy (non-hydrogen) atoms. The number of ether oxygens (including phenoxy) is 1. The summed E-state index contributed by atoms with van der Waals surface area (Å²) in [5, 5.41) is 9.21. The van der Waals surface area contributed by atoms with Gasteiger partial charge < -0.3 is 14.7 Å². The molecule has 1 N–H and O–H groups in total.